The van der Waals surface area contributed by atoms with E-state index in [0.717, 1.165) is 18.4 Å². The SMILES string of the molecule is Cc1ccc(Cl)c(C2(N=C=O)CC2)c1O. The third-order valence-corrected chi connectivity index (χ3v) is 3.09. The molecular weight excluding hydrogens is 214 g/mol. The molecule has 1 fully saturated rings. The summed E-state index contributed by atoms with van der Waals surface area (Å²) in [5, 5.41) is 10.4. The molecule has 0 aliphatic heterocycles. The molecule has 0 saturated heterocycles. The highest BCUT2D eigenvalue weighted by Crippen LogP contribution is 2.54. The average Bonchev–Trinajstić information content (AvgIpc) is 2.94. The summed E-state index contributed by atoms with van der Waals surface area (Å²) in [6, 6.07) is 3.45. The van der Waals surface area contributed by atoms with Gasteiger partial charge in [0.15, 0.2) is 0 Å². The molecule has 0 heterocycles. The fraction of sp³-hybridized carbons (Fsp3) is 0.364. The molecule has 1 N–H and O–H groups in total. The number of isocyanates is 1. The molecule has 0 amide bonds. The molecule has 1 aromatic carbocycles. The topological polar surface area (TPSA) is 49.7 Å². The lowest BCUT2D eigenvalue weighted by atomic mass is 10.0. The van der Waals surface area contributed by atoms with Crippen LogP contribution in [0.4, 0.5) is 0 Å². The van der Waals surface area contributed by atoms with Crippen molar-refractivity contribution in [3.8, 4) is 5.75 Å². The Balaban J connectivity index is 2.62. The highest BCUT2D eigenvalue weighted by molar-refractivity contribution is 6.31. The van der Waals surface area contributed by atoms with Crippen LogP contribution in [0.5, 0.6) is 5.75 Å². The summed E-state index contributed by atoms with van der Waals surface area (Å²) in [7, 11) is 0. The van der Waals surface area contributed by atoms with Crippen LogP contribution in [-0.2, 0) is 10.3 Å². The Morgan fingerprint density at radius 3 is 2.73 bits per heavy atom. The second-order valence-electron chi connectivity index (χ2n) is 3.82. The largest absolute Gasteiger partial charge is 0.507 e. The van der Waals surface area contributed by atoms with Crippen LogP contribution >= 0.6 is 11.6 Å². The van der Waals surface area contributed by atoms with Crippen molar-refractivity contribution in [3.05, 3.63) is 28.3 Å². The fourth-order valence-electron chi connectivity index (χ4n) is 1.74. The molecule has 15 heavy (non-hydrogen) atoms. The first-order chi connectivity index (χ1) is 7.10. The molecule has 1 saturated carbocycles. The highest BCUT2D eigenvalue weighted by atomic mass is 35.5. The monoisotopic (exact) mass is 223 g/mol. The van der Waals surface area contributed by atoms with E-state index < -0.39 is 5.54 Å². The van der Waals surface area contributed by atoms with E-state index in [2.05, 4.69) is 4.99 Å². The zero-order valence-corrected chi connectivity index (χ0v) is 9.01. The number of halogens is 1. The smallest absolute Gasteiger partial charge is 0.235 e. The van der Waals surface area contributed by atoms with Crippen LogP contribution in [0, 0.1) is 6.92 Å². The van der Waals surface area contributed by atoms with Crippen LogP contribution in [0.2, 0.25) is 5.02 Å². The summed E-state index contributed by atoms with van der Waals surface area (Å²) in [6.07, 6.45) is 3.02. The van der Waals surface area contributed by atoms with Gasteiger partial charge in [-0.15, -0.1) is 0 Å². The van der Waals surface area contributed by atoms with Crippen molar-refractivity contribution < 1.29 is 9.90 Å². The number of aryl methyl sites for hydroxylation is 1. The maximum absolute atomic E-state index is 10.3. The molecule has 1 aliphatic rings. The van der Waals surface area contributed by atoms with Crippen LogP contribution in [0.15, 0.2) is 17.1 Å². The van der Waals surface area contributed by atoms with E-state index in [9.17, 15) is 9.90 Å². The number of benzene rings is 1. The Labute approximate surface area is 92.4 Å². The first kappa shape index (κ1) is 10.2. The summed E-state index contributed by atoms with van der Waals surface area (Å²) >= 11 is 6.01. The average molecular weight is 224 g/mol. The van der Waals surface area contributed by atoms with Gasteiger partial charge in [0.1, 0.15) is 11.3 Å². The van der Waals surface area contributed by atoms with Gasteiger partial charge in [-0.25, -0.2) is 4.79 Å². The first-order valence-corrected chi connectivity index (χ1v) is 5.06. The van der Waals surface area contributed by atoms with Crippen molar-refractivity contribution in [2.24, 2.45) is 4.99 Å². The second-order valence-corrected chi connectivity index (χ2v) is 4.23. The van der Waals surface area contributed by atoms with Gasteiger partial charge in [-0.1, -0.05) is 17.7 Å². The Morgan fingerprint density at radius 1 is 1.53 bits per heavy atom. The van der Waals surface area contributed by atoms with Crippen LogP contribution in [-0.4, -0.2) is 11.2 Å². The number of phenolic OH excluding ortho intramolecular Hbond substituents is 1. The molecule has 0 bridgehead atoms. The summed E-state index contributed by atoms with van der Waals surface area (Å²) in [4.78, 5) is 14.1. The van der Waals surface area contributed by atoms with Crippen molar-refractivity contribution in [2.45, 2.75) is 25.3 Å². The molecular formula is C11H10ClNO2. The maximum atomic E-state index is 10.3. The number of aromatic hydroxyl groups is 1. The van der Waals surface area contributed by atoms with Crippen LogP contribution in [0.25, 0.3) is 0 Å². The molecule has 0 aromatic heterocycles. The molecule has 1 aromatic rings. The van der Waals surface area contributed by atoms with Gasteiger partial charge in [0.25, 0.3) is 0 Å². The first-order valence-electron chi connectivity index (χ1n) is 4.68. The van der Waals surface area contributed by atoms with Crippen molar-refractivity contribution in [3.63, 3.8) is 0 Å². The van der Waals surface area contributed by atoms with Crippen LogP contribution in [0.1, 0.15) is 24.0 Å². The molecule has 0 radical (unpaired) electrons. The minimum Gasteiger partial charge on any atom is -0.507 e. The van der Waals surface area contributed by atoms with Crippen molar-refractivity contribution in [1.82, 2.24) is 0 Å². The zero-order valence-electron chi connectivity index (χ0n) is 8.25. The Kier molecular flexibility index (Phi) is 2.29. The lowest BCUT2D eigenvalue weighted by Gasteiger charge is -2.14. The van der Waals surface area contributed by atoms with Gasteiger partial charge in [-0.2, -0.15) is 4.99 Å². The predicted octanol–water partition coefficient (Wildman–Crippen LogP) is 2.68. The molecule has 1 aliphatic carbocycles. The van der Waals surface area contributed by atoms with Crippen molar-refractivity contribution in [1.29, 1.82) is 0 Å². The normalized spacial score (nSPS) is 16.9. The Bertz CT molecular complexity index is 460. The van der Waals surface area contributed by atoms with Gasteiger partial charge in [0.2, 0.25) is 6.08 Å². The minimum absolute atomic E-state index is 0.138. The number of carbonyl (C=O) groups excluding carboxylic acids is 1. The summed E-state index contributed by atoms with van der Waals surface area (Å²) in [6.45, 7) is 1.79. The molecule has 78 valence electrons. The number of phenols is 1. The number of aliphatic imine (C=N–C) groups is 1. The minimum atomic E-state index is -0.616. The highest BCUT2D eigenvalue weighted by Gasteiger charge is 2.48. The van der Waals surface area contributed by atoms with Crippen LogP contribution < -0.4 is 0 Å². The molecule has 2 rings (SSSR count). The predicted molar refractivity (Wildman–Crippen MR) is 56.9 cm³/mol. The third-order valence-electron chi connectivity index (χ3n) is 2.78. The molecule has 0 spiro atoms. The van der Waals surface area contributed by atoms with E-state index in [1.807, 2.05) is 0 Å². The quantitative estimate of drug-likeness (QED) is 0.619. The fourth-order valence-corrected chi connectivity index (χ4v) is 2.07. The Morgan fingerprint density at radius 2 is 2.20 bits per heavy atom. The summed E-state index contributed by atoms with van der Waals surface area (Å²) in [5.74, 6) is 0.138. The van der Waals surface area contributed by atoms with E-state index in [-0.39, 0.29) is 5.75 Å². The van der Waals surface area contributed by atoms with Crippen molar-refractivity contribution >= 4 is 17.7 Å². The number of rotatable bonds is 2. The lowest BCUT2D eigenvalue weighted by Crippen LogP contribution is -2.04. The van der Waals surface area contributed by atoms with E-state index in [1.54, 1.807) is 25.1 Å². The van der Waals surface area contributed by atoms with E-state index in [1.165, 1.54) is 0 Å². The van der Waals surface area contributed by atoms with Gasteiger partial charge in [-0.05, 0) is 31.4 Å². The molecule has 0 atom stereocenters. The molecule has 3 nitrogen and oxygen atoms in total. The van der Waals surface area contributed by atoms with Gasteiger partial charge in [-0.3, -0.25) is 0 Å². The summed E-state index contributed by atoms with van der Waals surface area (Å²) in [5.41, 5.74) is 0.684. The molecule has 4 heteroatoms. The van der Waals surface area contributed by atoms with E-state index in [0.29, 0.717) is 10.6 Å². The number of hydrogen-bond donors (Lipinski definition) is 1. The number of hydrogen-bond acceptors (Lipinski definition) is 3. The third kappa shape index (κ3) is 1.54. The van der Waals surface area contributed by atoms with Gasteiger partial charge >= 0.3 is 0 Å². The van der Waals surface area contributed by atoms with E-state index >= 15 is 0 Å². The zero-order chi connectivity index (χ0) is 11.1. The standard InChI is InChI=1S/C11H10ClNO2/c1-7-2-3-8(12)9(10(7)15)11(4-5-11)13-6-14/h2-3,15H,4-5H2,1H3. The van der Waals surface area contributed by atoms with Gasteiger partial charge < -0.3 is 5.11 Å². The lowest BCUT2D eigenvalue weighted by molar-refractivity contribution is 0.455. The summed E-state index contributed by atoms with van der Waals surface area (Å²) < 4.78 is 0. The van der Waals surface area contributed by atoms with Crippen molar-refractivity contribution in [2.75, 3.05) is 0 Å². The van der Waals surface area contributed by atoms with Crippen LogP contribution in [0.3, 0.4) is 0 Å². The number of nitrogens with zero attached hydrogens (tertiary/aromatic N) is 1. The molecule has 0 unspecified atom stereocenters. The van der Waals surface area contributed by atoms with Gasteiger partial charge in [0, 0.05) is 10.6 Å². The maximum Gasteiger partial charge on any atom is 0.235 e. The van der Waals surface area contributed by atoms with E-state index in [4.69, 9.17) is 11.6 Å². The second kappa shape index (κ2) is 3.37. The van der Waals surface area contributed by atoms with Gasteiger partial charge in [0.05, 0.1) is 0 Å². The Hall–Kier alpha value is -1.31.